The molecule has 0 bridgehead atoms. The first kappa shape index (κ1) is 12.6. The van der Waals surface area contributed by atoms with E-state index in [1.54, 1.807) is 0 Å². The molecule has 1 aliphatic rings. The number of amides is 1. The van der Waals surface area contributed by atoms with Gasteiger partial charge in [-0.2, -0.15) is 5.26 Å². The third kappa shape index (κ3) is 2.38. The van der Waals surface area contributed by atoms with Crippen LogP contribution in [-0.2, 0) is 4.79 Å². The van der Waals surface area contributed by atoms with Crippen LogP contribution in [0, 0.1) is 16.7 Å². The number of nitrogens with one attached hydrogen (secondary N) is 1. The van der Waals surface area contributed by atoms with Gasteiger partial charge in [0.2, 0.25) is 5.91 Å². The molecule has 1 unspecified atom stereocenters. The van der Waals surface area contributed by atoms with Gasteiger partial charge in [0.1, 0.15) is 5.41 Å². The maximum absolute atomic E-state index is 12.2. The lowest BCUT2D eigenvalue weighted by Crippen LogP contribution is -2.39. The summed E-state index contributed by atoms with van der Waals surface area (Å²) in [6.45, 7) is 1.95. The minimum absolute atomic E-state index is 0.0514. The summed E-state index contributed by atoms with van der Waals surface area (Å²) >= 11 is 0. The van der Waals surface area contributed by atoms with Crippen molar-refractivity contribution in [3.05, 3.63) is 35.9 Å². The van der Waals surface area contributed by atoms with Crippen molar-refractivity contribution in [1.29, 1.82) is 5.26 Å². The minimum Gasteiger partial charge on any atom is -0.348 e. The van der Waals surface area contributed by atoms with Crippen LogP contribution >= 0.6 is 0 Å². The quantitative estimate of drug-likeness (QED) is 0.886. The van der Waals surface area contributed by atoms with Gasteiger partial charge >= 0.3 is 0 Å². The zero-order chi connectivity index (χ0) is 13.0. The van der Waals surface area contributed by atoms with E-state index in [0.717, 1.165) is 18.4 Å². The number of nitriles is 1. The van der Waals surface area contributed by atoms with E-state index in [1.165, 1.54) is 0 Å². The summed E-state index contributed by atoms with van der Waals surface area (Å²) in [5.41, 5.74) is 0.278. The van der Waals surface area contributed by atoms with Crippen LogP contribution in [0.1, 0.15) is 44.2 Å². The summed E-state index contributed by atoms with van der Waals surface area (Å²) in [6.07, 6.45) is 3.33. The van der Waals surface area contributed by atoms with E-state index in [2.05, 4.69) is 11.4 Å². The number of hydrogen-bond donors (Lipinski definition) is 1. The van der Waals surface area contributed by atoms with Gasteiger partial charge in [-0.3, -0.25) is 4.79 Å². The summed E-state index contributed by atoms with van der Waals surface area (Å²) in [5.74, 6) is -0.112. The summed E-state index contributed by atoms with van der Waals surface area (Å²) in [7, 11) is 0. The van der Waals surface area contributed by atoms with Crippen LogP contribution in [0.3, 0.4) is 0 Å². The Morgan fingerprint density at radius 3 is 2.50 bits per heavy atom. The van der Waals surface area contributed by atoms with Crippen LogP contribution in [-0.4, -0.2) is 5.91 Å². The van der Waals surface area contributed by atoms with Gasteiger partial charge in [-0.25, -0.2) is 0 Å². The molecule has 3 heteroatoms. The molecule has 0 aromatic heterocycles. The summed E-state index contributed by atoms with van der Waals surface area (Å²) in [6, 6.07) is 12.0. The SMILES string of the molecule is CC(NC(=O)C1(C#N)CCCC1)c1ccccc1. The monoisotopic (exact) mass is 242 g/mol. The second kappa shape index (κ2) is 5.22. The molecule has 1 atom stereocenters. The van der Waals surface area contributed by atoms with Gasteiger partial charge in [0.25, 0.3) is 0 Å². The molecule has 3 nitrogen and oxygen atoms in total. The first-order chi connectivity index (χ1) is 8.68. The van der Waals surface area contributed by atoms with Gasteiger partial charge in [0, 0.05) is 0 Å². The zero-order valence-corrected chi connectivity index (χ0v) is 10.6. The highest BCUT2D eigenvalue weighted by Crippen LogP contribution is 2.38. The Morgan fingerprint density at radius 2 is 1.94 bits per heavy atom. The lowest BCUT2D eigenvalue weighted by Gasteiger charge is -2.23. The van der Waals surface area contributed by atoms with Gasteiger partial charge in [-0.05, 0) is 25.3 Å². The van der Waals surface area contributed by atoms with E-state index in [1.807, 2.05) is 37.3 Å². The molecule has 1 saturated carbocycles. The lowest BCUT2D eigenvalue weighted by molar-refractivity contribution is -0.128. The number of nitrogens with zero attached hydrogens (tertiary/aromatic N) is 1. The molecule has 0 heterocycles. The van der Waals surface area contributed by atoms with Crippen molar-refractivity contribution >= 4 is 5.91 Å². The van der Waals surface area contributed by atoms with E-state index >= 15 is 0 Å². The molecule has 1 amide bonds. The second-order valence-electron chi connectivity index (χ2n) is 5.01. The normalized spacial score (nSPS) is 18.9. The van der Waals surface area contributed by atoms with Crippen molar-refractivity contribution in [3.8, 4) is 6.07 Å². The molecule has 0 spiro atoms. The van der Waals surface area contributed by atoms with Gasteiger partial charge in [-0.1, -0.05) is 43.2 Å². The van der Waals surface area contributed by atoms with Crippen molar-refractivity contribution in [2.24, 2.45) is 5.41 Å². The maximum Gasteiger partial charge on any atom is 0.240 e. The molecule has 0 aliphatic heterocycles. The predicted molar refractivity (Wildman–Crippen MR) is 69.5 cm³/mol. The highest BCUT2D eigenvalue weighted by Gasteiger charge is 2.41. The molecule has 1 aliphatic carbocycles. The molecule has 94 valence electrons. The van der Waals surface area contributed by atoms with E-state index in [4.69, 9.17) is 0 Å². The zero-order valence-electron chi connectivity index (χ0n) is 10.6. The molecule has 0 radical (unpaired) electrons. The fraction of sp³-hybridized carbons (Fsp3) is 0.467. The molecule has 1 aromatic carbocycles. The molecule has 1 N–H and O–H groups in total. The molecule has 1 fully saturated rings. The van der Waals surface area contributed by atoms with Crippen LogP contribution in [0.25, 0.3) is 0 Å². The van der Waals surface area contributed by atoms with Crippen molar-refractivity contribution < 1.29 is 4.79 Å². The molecule has 0 saturated heterocycles. The number of carbonyl (C=O) groups is 1. The first-order valence-corrected chi connectivity index (χ1v) is 6.45. The molecule has 18 heavy (non-hydrogen) atoms. The highest BCUT2D eigenvalue weighted by molar-refractivity contribution is 5.86. The van der Waals surface area contributed by atoms with Crippen molar-refractivity contribution in [2.45, 2.75) is 38.6 Å². The third-order valence-corrected chi connectivity index (χ3v) is 3.75. The van der Waals surface area contributed by atoms with E-state index in [9.17, 15) is 10.1 Å². The Bertz CT molecular complexity index is 455. The Morgan fingerprint density at radius 1 is 1.33 bits per heavy atom. The maximum atomic E-state index is 12.2. The molecule has 2 rings (SSSR count). The number of carbonyl (C=O) groups excluding carboxylic acids is 1. The average Bonchev–Trinajstić information content (AvgIpc) is 2.89. The highest BCUT2D eigenvalue weighted by atomic mass is 16.2. The molecular weight excluding hydrogens is 224 g/mol. The van der Waals surface area contributed by atoms with E-state index in [0.29, 0.717) is 12.8 Å². The first-order valence-electron chi connectivity index (χ1n) is 6.45. The fourth-order valence-corrected chi connectivity index (χ4v) is 2.53. The molecule has 1 aromatic rings. The third-order valence-electron chi connectivity index (χ3n) is 3.75. The average molecular weight is 242 g/mol. The van der Waals surface area contributed by atoms with E-state index in [-0.39, 0.29) is 11.9 Å². The largest absolute Gasteiger partial charge is 0.348 e. The van der Waals surface area contributed by atoms with Crippen molar-refractivity contribution in [2.75, 3.05) is 0 Å². The topological polar surface area (TPSA) is 52.9 Å². The van der Waals surface area contributed by atoms with Gasteiger partial charge in [0.15, 0.2) is 0 Å². The van der Waals surface area contributed by atoms with Crippen LogP contribution in [0.15, 0.2) is 30.3 Å². The number of rotatable bonds is 3. The van der Waals surface area contributed by atoms with Crippen LogP contribution in [0.2, 0.25) is 0 Å². The standard InChI is InChI=1S/C15H18N2O/c1-12(13-7-3-2-4-8-13)17-14(18)15(11-16)9-5-6-10-15/h2-4,7-8,12H,5-6,9-10H2,1H3,(H,17,18). The summed E-state index contributed by atoms with van der Waals surface area (Å²) in [4.78, 5) is 12.2. The smallest absolute Gasteiger partial charge is 0.240 e. The Hall–Kier alpha value is -1.82. The minimum atomic E-state index is -0.789. The Balaban J connectivity index is 2.06. The van der Waals surface area contributed by atoms with Gasteiger partial charge < -0.3 is 5.32 Å². The summed E-state index contributed by atoms with van der Waals surface area (Å²) in [5, 5.41) is 12.2. The molecular formula is C15H18N2O. The summed E-state index contributed by atoms with van der Waals surface area (Å²) < 4.78 is 0. The Labute approximate surface area is 108 Å². The lowest BCUT2D eigenvalue weighted by atomic mass is 9.86. The fourth-order valence-electron chi connectivity index (χ4n) is 2.53. The van der Waals surface area contributed by atoms with Crippen LogP contribution in [0.5, 0.6) is 0 Å². The van der Waals surface area contributed by atoms with Crippen molar-refractivity contribution in [1.82, 2.24) is 5.32 Å². The van der Waals surface area contributed by atoms with Crippen LogP contribution in [0.4, 0.5) is 0 Å². The second-order valence-corrected chi connectivity index (χ2v) is 5.01. The van der Waals surface area contributed by atoms with Crippen molar-refractivity contribution in [3.63, 3.8) is 0 Å². The van der Waals surface area contributed by atoms with E-state index < -0.39 is 5.41 Å². The Kier molecular flexibility index (Phi) is 3.66. The number of hydrogen-bond acceptors (Lipinski definition) is 2. The van der Waals surface area contributed by atoms with Gasteiger partial charge in [0.05, 0.1) is 12.1 Å². The van der Waals surface area contributed by atoms with Crippen LogP contribution < -0.4 is 5.32 Å². The van der Waals surface area contributed by atoms with Gasteiger partial charge in [-0.15, -0.1) is 0 Å². The predicted octanol–water partition coefficient (Wildman–Crippen LogP) is 2.95. The number of benzene rings is 1.